The van der Waals surface area contributed by atoms with Gasteiger partial charge in [0, 0.05) is 38.1 Å². The maximum absolute atomic E-state index is 12.3. The number of hydrogen-bond acceptors (Lipinski definition) is 2. The molecule has 0 bridgehead atoms. The van der Waals surface area contributed by atoms with Gasteiger partial charge in [-0.2, -0.15) is 0 Å². The van der Waals surface area contributed by atoms with Crippen molar-refractivity contribution in [3.8, 4) is 0 Å². The van der Waals surface area contributed by atoms with Gasteiger partial charge in [0.1, 0.15) is 0 Å². The van der Waals surface area contributed by atoms with Gasteiger partial charge in [-0.1, -0.05) is 37.5 Å². The average Bonchev–Trinajstić information content (AvgIpc) is 2.63. The van der Waals surface area contributed by atoms with E-state index in [2.05, 4.69) is 47.5 Å². The van der Waals surface area contributed by atoms with E-state index in [1.807, 2.05) is 11.1 Å². The third-order valence-corrected chi connectivity index (χ3v) is 5.16. The monoisotopic (exact) mass is 327 g/mol. The van der Waals surface area contributed by atoms with Crippen molar-refractivity contribution in [1.29, 1.82) is 0 Å². The number of amides is 2. The Bertz CT molecular complexity index is 570. The van der Waals surface area contributed by atoms with Gasteiger partial charge in [0.2, 0.25) is 0 Å². The maximum atomic E-state index is 12.3. The summed E-state index contributed by atoms with van der Waals surface area (Å²) in [6.45, 7) is 5.45. The van der Waals surface area contributed by atoms with E-state index in [1.165, 1.54) is 43.4 Å². The van der Waals surface area contributed by atoms with Crippen molar-refractivity contribution in [2.45, 2.75) is 39.0 Å². The van der Waals surface area contributed by atoms with Crippen molar-refractivity contribution in [2.24, 2.45) is 5.92 Å². The first-order chi connectivity index (χ1) is 11.7. The average molecular weight is 327 g/mol. The zero-order valence-electron chi connectivity index (χ0n) is 14.7. The lowest BCUT2D eigenvalue weighted by Crippen LogP contribution is -2.51. The number of piperazine rings is 1. The molecule has 1 saturated carbocycles. The van der Waals surface area contributed by atoms with Gasteiger partial charge < -0.3 is 15.1 Å². The topological polar surface area (TPSA) is 35.6 Å². The van der Waals surface area contributed by atoms with Gasteiger partial charge in [-0.3, -0.25) is 0 Å². The summed E-state index contributed by atoms with van der Waals surface area (Å²) in [6, 6.07) is 8.61. The van der Waals surface area contributed by atoms with Crippen LogP contribution in [0.25, 0.3) is 0 Å². The Balaban J connectivity index is 1.44. The molecule has 1 aromatic carbocycles. The van der Waals surface area contributed by atoms with Gasteiger partial charge in [0.25, 0.3) is 0 Å². The summed E-state index contributed by atoms with van der Waals surface area (Å²) in [6.07, 6.45) is 10.6. The fraction of sp³-hybridized carbons (Fsp3) is 0.550. The number of carbonyl (C=O) groups is 1. The zero-order valence-corrected chi connectivity index (χ0v) is 14.7. The lowest BCUT2D eigenvalue weighted by Gasteiger charge is -2.36. The highest BCUT2D eigenvalue weighted by atomic mass is 16.2. The van der Waals surface area contributed by atoms with E-state index in [4.69, 9.17) is 0 Å². The molecule has 2 fully saturated rings. The van der Waals surface area contributed by atoms with Crippen molar-refractivity contribution in [1.82, 2.24) is 10.2 Å². The molecular weight excluding hydrogens is 298 g/mol. The first kappa shape index (κ1) is 16.9. The smallest absolute Gasteiger partial charge is 0.321 e. The SMILES string of the molecule is Cc1cccc(N2CCN(C(=O)N/C=C/C3CCCCC3)CC2)c1. The summed E-state index contributed by atoms with van der Waals surface area (Å²) >= 11 is 0. The molecule has 1 saturated heterocycles. The normalized spacial score (nSPS) is 19.7. The standard InChI is InChI=1S/C20H29N3O/c1-17-6-5-9-19(16-17)22-12-14-23(15-13-22)20(24)21-11-10-18-7-3-2-4-8-18/h5-6,9-11,16,18H,2-4,7-8,12-15H2,1H3,(H,21,24)/b11-10+. The molecule has 4 heteroatoms. The number of benzene rings is 1. The molecular formula is C20H29N3O. The van der Waals surface area contributed by atoms with Crippen LogP contribution in [0.1, 0.15) is 37.7 Å². The van der Waals surface area contributed by atoms with Crippen LogP contribution in [0, 0.1) is 12.8 Å². The minimum Gasteiger partial charge on any atom is -0.368 e. The highest BCUT2D eigenvalue weighted by Crippen LogP contribution is 2.24. The van der Waals surface area contributed by atoms with Crippen LogP contribution < -0.4 is 10.2 Å². The van der Waals surface area contributed by atoms with E-state index in [0.717, 1.165) is 26.2 Å². The largest absolute Gasteiger partial charge is 0.368 e. The second-order valence-electron chi connectivity index (χ2n) is 7.02. The Hall–Kier alpha value is -1.97. The minimum atomic E-state index is 0.0333. The summed E-state index contributed by atoms with van der Waals surface area (Å²) in [5.41, 5.74) is 2.53. The quantitative estimate of drug-likeness (QED) is 0.913. The number of urea groups is 1. The first-order valence-electron chi connectivity index (χ1n) is 9.26. The Kier molecular flexibility index (Phi) is 5.78. The van der Waals surface area contributed by atoms with E-state index in [0.29, 0.717) is 5.92 Å². The molecule has 1 aromatic rings. The molecule has 0 atom stereocenters. The lowest BCUT2D eigenvalue weighted by atomic mass is 9.89. The molecule has 4 nitrogen and oxygen atoms in total. The van der Waals surface area contributed by atoms with Crippen LogP contribution in [0.2, 0.25) is 0 Å². The predicted molar refractivity (Wildman–Crippen MR) is 99.2 cm³/mol. The Morgan fingerprint density at radius 1 is 1.12 bits per heavy atom. The van der Waals surface area contributed by atoms with Crippen molar-refractivity contribution >= 4 is 11.7 Å². The molecule has 1 heterocycles. The van der Waals surface area contributed by atoms with Crippen LogP contribution in [0.5, 0.6) is 0 Å². The molecule has 0 aromatic heterocycles. The van der Waals surface area contributed by atoms with Gasteiger partial charge in [0.15, 0.2) is 0 Å². The number of aryl methyl sites for hydroxylation is 1. The van der Waals surface area contributed by atoms with Crippen molar-refractivity contribution in [2.75, 3.05) is 31.1 Å². The van der Waals surface area contributed by atoms with Crippen LogP contribution in [-0.2, 0) is 0 Å². The van der Waals surface area contributed by atoms with E-state index in [-0.39, 0.29) is 6.03 Å². The molecule has 2 aliphatic rings. The molecule has 2 amide bonds. The summed E-state index contributed by atoms with van der Waals surface area (Å²) in [7, 11) is 0. The fourth-order valence-corrected chi connectivity index (χ4v) is 3.67. The molecule has 1 aliphatic heterocycles. The maximum Gasteiger partial charge on any atom is 0.321 e. The Labute approximate surface area is 145 Å². The summed E-state index contributed by atoms with van der Waals surface area (Å²) < 4.78 is 0. The predicted octanol–water partition coefficient (Wildman–Crippen LogP) is 3.92. The molecule has 24 heavy (non-hydrogen) atoms. The van der Waals surface area contributed by atoms with E-state index >= 15 is 0 Å². The zero-order chi connectivity index (χ0) is 16.8. The Morgan fingerprint density at radius 3 is 2.58 bits per heavy atom. The highest BCUT2D eigenvalue weighted by Gasteiger charge is 2.20. The molecule has 1 N–H and O–H groups in total. The second kappa shape index (κ2) is 8.22. The second-order valence-corrected chi connectivity index (χ2v) is 7.02. The van der Waals surface area contributed by atoms with Gasteiger partial charge in [-0.15, -0.1) is 0 Å². The van der Waals surface area contributed by atoms with Crippen LogP contribution in [0.4, 0.5) is 10.5 Å². The molecule has 1 aliphatic carbocycles. The van der Waals surface area contributed by atoms with E-state index < -0.39 is 0 Å². The summed E-state index contributed by atoms with van der Waals surface area (Å²) in [5.74, 6) is 0.650. The van der Waals surface area contributed by atoms with Gasteiger partial charge in [-0.25, -0.2) is 4.79 Å². The fourth-order valence-electron chi connectivity index (χ4n) is 3.67. The van der Waals surface area contributed by atoms with Crippen LogP contribution in [0.15, 0.2) is 36.5 Å². The molecule has 130 valence electrons. The molecule has 0 unspecified atom stereocenters. The minimum absolute atomic E-state index is 0.0333. The van der Waals surface area contributed by atoms with E-state index in [1.54, 1.807) is 0 Å². The van der Waals surface area contributed by atoms with E-state index in [9.17, 15) is 4.79 Å². The van der Waals surface area contributed by atoms with Gasteiger partial charge in [-0.05, 0) is 43.4 Å². The van der Waals surface area contributed by atoms with Crippen molar-refractivity contribution < 1.29 is 4.79 Å². The van der Waals surface area contributed by atoms with Crippen molar-refractivity contribution in [3.05, 3.63) is 42.1 Å². The number of hydrogen-bond donors (Lipinski definition) is 1. The van der Waals surface area contributed by atoms with Gasteiger partial charge >= 0.3 is 6.03 Å². The number of anilines is 1. The summed E-state index contributed by atoms with van der Waals surface area (Å²) in [5, 5.41) is 2.95. The number of nitrogens with one attached hydrogen (secondary N) is 1. The molecule has 3 rings (SSSR count). The van der Waals surface area contributed by atoms with Crippen LogP contribution in [-0.4, -0.2) is 37.1 Å². The molecule has 0 radical (unpaired) electrons. The number of nitrogens with zero attached hydrogens (tertiary/aromatic N) is 2. The van der Waals surface area contributed by atoms with Crippen LogP contribution in [0.3, 0.4) is 0 Å². The number of carbonyl (C=O) groups excluding carboxylic acids is 1. The summed E-state index contributed by atoms with van der Waals surface area (Å²) in [4.78, 5) is 16.6. The Morgan fingerprint density at radius 2 is 1.88 bits per heavy atom. The lowest BCUT2D eigenvalue weighted by molar-refractivity contribution is 0.198. The molecule has 0 spiro atoms. The number of allylic oxidation sites excluding steroid dienone is 1. The third kappa shape index (κ3) is 4.53. The van der Waals surface area contributed by atoms with Gasteiger partial charge in [0.05, 0.1) is 0 Å². The highest BCUT2D eigenvalue weighted by molar-refractivity contribution is 5.75. The van der Waals surface area contributed by atoms with Crippen molar-refractivity contribution in [3.63, 3.8) is 0 Å². The first-order valence-corrected chi connectivity index (χ1v) is 9.26. The third-order valence-electron chi connectivity index (χ3n) is 5.16. The number of rotatable bonds is 3. The van der Waals surface area contributed by atoms with Crippen LogP contribution >= 0.6 is 0 Å².